The normalized spacial score (nSPS) is 11.7. The Hall–Kier alpha value is -2.04. The number of carbonyl (C=O) groups excluding carboxylic acids is 2. The van der Waals surface area contributed by atoms with E-state index >= 15 is 0 Å². The summed E-state index contributed by atoms with van der Waals surface area (Å²) in [6.45, 7) is 9.79. The molecule has 1 atom stereocenters. The fraction of sp³-hybridized carbons (Fsp3) is 0.556. The van der Waals surface area contributed by atoms with Crippen LogP contribution < -0.4 is 4.90 Å². The highest BCUT2D eigenvalue weighted by molar-refractivity contribution is 5.89. The molecule has 1 aromatic carbocycles. The summed E-state index contributed by atoms with van der Waals surface area (Å²) in [5.41, 5.74) is 1.52. The third-order valence-corrected chi connectivity index (χ3v) is 3.75. The molecule has 0 bridgehead atoms. The second-order valence-electron chi connectivity index (χ2n) is 5.32. The number of nitrogens with zero attached hydrogens (tertiary/aromatic N) is 1. The van der Waals surface area contributed by atoms with E-state index in [0.717, 1.165) is 18.7 Å². The van der Waals surface area contributed by atoms with Crippen molar-refractivity contribution in [3.8, 4) is 0 Å². The Bertz CT molecular complexity index is 498. The lowest BCUT2D eigenvalue weighted by atomic mass is 10.1. The lowest BCUT2D eigenvalue weighted by Gasteiger charge is -2.23. The average Bonchev–Trinajstić information content (AvgIpc) is 2.58. The number of ether oxygens (including phenoxy) is 2. The maximum absolute atomic E-state index is 11.7. The van der Waals surface area contributed by atoms with E-state index < -0.39 is 0 Å². The molecule has 0 radical (unpaired) electrons. The molecule has 0 heterocycles. The molecule has 0 aliphatic heterocycles. The predicted molar refractivity (Wildman–Crippen MR) is 90.7 cm³/mol. The molecular formula is C18H27NO4. The molecule has 1 aromatic rings. The van der Waals surface area contributed by atoms with Crippen LogP contribution in [0.3, 0.4) is 0 Å². The quantitative estimate of drug-likeness (QED) is 0.653. The van der Waals surface area contributed by atoms with E-state index in [1.165, 1.54) is 0 Å². The summed E-state index contributed by atoms with van der Waals surface area (Å²) >= 11 is 0. The van der Waals surface area contributed by atoms with Crippen LogP contribution in [-0.4, -0.2) is 38.2 Å². The minimum absolute atomic E-state index is 0.0612. The molecule has 0 aliphatic carbocycles. The third kappa shape index (κ3) is 5.93. The van der Waals surface area contributed by atoms with Crippen molar-refractivity contribution in [2.24, 2.45) is 5.92 Å². The maximum atomic E-state index is 11.7. The van der Waals surface area contributed by atoms with Crippen molar-refractivity contribution < 1.29 is 19.1 Å². The van der Waals surface area contributed by atoms with Gasteiger partial charge in [-0.15, -0.1) is 0 Å². The molecule has 0 aromatic heterocycles. The van der Waals surface area contributed by atoms with Gasteiger partial charge in [0, 0.05) is 12.2 Å². The first-order valence-electron chi connectivity index (χ1n) is 8.22. The molecule has 23 heavy (non-hydrogen) atoms. The van der Waals surface area contributed by atoms with E-state index in [9.17, 15) is 9.59 Å². The van der Waals surface area contributed by atoms with Gasteiger partial charge in [0.05, 0.1) is 24.6 Å². The van der Waals surface area contributed by atoms with Crippen molar-refractivity contribution >= 4 is 17.6 Å². The Kier molecular flexibility index (Phi) is 8.16. The van der Waals surface area contributed by atoms with Crippen molar-refractivity contribution in [3.63, 3.8) is 0 Å². The second kappa shape index (κ2) is 9.87. The number of esters is 2. The van der Waals surface area contributed by atoms with Crippen LogP contribution in [-0.2, 0) is 14.3 Å². The minimum atomic E-state index is -0.315. The van der Waals surface area contributed by atoms with Crippen molar-refractivity contribution in [3.05, 3.63) is 29.8 Å². The molecule has 5 nitrogen and oxygen atoms in total. The van der Waals surface area contributed by atoms with Gasteiger partial charge in [-0.05, 0) is 44.5 Å². The van der Waals surface area contributed by atoms with Crippen molar-refractivity contribution in [2.75, 3.05) is 31.2 Å². The summed E-state index contributed by atoms with van der Waals surface area (Å²) in [4.78, 5) is 25.4. The summed E-state index contributed by atoms with van der Waals surface area (Å²) in [6.07, 6.45) is 0.783. The first-order valence-corrected chi connectivity index (χ1v) is 8.22. The lowest BCUT2D eigenvalue weighted by Crippen LogP contribution is -2.29. The zero-order valence-electron chi connectivity index (χ0n) is 14.5. The van der Waals surface area contributed by atoms with Crippen molar-refractivity contribution in [2.45, 2.75) is 34.1 Å². The van der Waals surface area contributed by atoms with Gasteiger partial charge in [-0.3, -0.25) is 4.79 Å². The number of hydrogen-bond acceptors (Lipinski definition) is 5. The van der Waals surface area contributed by atoms with Crippen molar-refractivity contribution in [1.29, 1.82) is 0 Å². The maximum Gasteiger partial charge on any atom is 0.338 e. The van der Waals surface area contributed by atoms with Crippen LogP contribution in [0.5, 0.6) is 0 Å². The second-order valence-corrected chi connectivity index (χ2v) is 5.32. The van der Waals surface area contributed by atoms with Crippen LogP contribution >= 0.6 is 0 Å². The van der Waals surface area contributed by atoms with E-state index in [1.54, 1.807) is 19.1 Å². The van der Waals surface area contributed by atoms with Gasteiger partial charge in [0.2, 0.25) is 0 Å². The van der Waals surface area contributed by atoms with Crippen LogP contribution in [0.15, 0.2) is 24.3 Å². The molecule has 0 spiro atoms. The molecule has 0 saturated heterocycles. The first kappa shape index (κ1) is 19.0. The van der Waals surface area contributed by atoms with E-state index in [-0.39, 0.29) is 17.9 Å². The number of benzene rings is 1. The minimum Gasteiger partial charge on any atom is -0.464 e. The van der Waals surface area contributed by atoms with E-state index in [0.29, 0.717) is 25.3 Å². The highest BCUT2D eigenvalue weighted by Crippen LogP contribution is 2.16. The molecule has 0 aliphatic rings. The van der Waals surface area contributed by atoms with Crippen LogP contribution in [0.4, 0.5) is 5.69 Å². The zero-order valence-corrected chi connectivity index (χ0v) is 14.5. The van der Waals surface area contributed by atoms with Crippen LogP contribution in [0.2, 0.25) is 0 Å². The lowest BCUT2D eigenvalue weighted by molar-refractivity contribution is -0.147. The van der Waals surface area contributed by atoms with Crippen LogP contribution in [0.1, 0.15) is 44.5 Å². The SMILES string of the molecule is CCOC(=O)c1ccc(N(CC)CCOC(=O)C(C)CC)cc1. The van der Waals surface area contributed by atoms with Gasteiger partial charge in [-0.1, -0.05) is 13.8 Å². The van der Waals surface area contributed by atoms with Gasteiger partial charge in [0.15, 0.2) is 0 Å². The Balaban J connectivity index is 2.57. The topological polar surface area (TPSA) is 55.8 Å². The van der Waals surface area contributed by atoms with E-state index in [1.807, 2.05) is 32.9 Å². The smallest absolute Gasteiger partial charge is 0.338 e. The molecule has 0 saturated carbocycles. The van der Waals surface area contributed by atoms with Crippen LogP contribution in [0.25, 0.3) is 0 Å². The molecule has 0 fully saturated rings. The highest BCUT2D eigenvalue weighted by atomic mass is 16.5. The Morgan fingerprint density at radius 1 is 1.09 bits per heavy atom. The Morgan fingerprint density at radius 2 is 1.74 bits per heavy atom. The molecule has 128 valence electrons. The molecule has 1 unspecified atom stereocenters. The largest absolute Gasteiger partial charge is 0.464 e. The van der Waals surface area contributed by atoms with Crippen LogP contribution in [0, 0.1) is 5.92 Å². The Morgan fingerprint density at radius 3 is 2.26 bits per heavy atom. The van der Waals surface area contributed by atoms with Gasteiger partial charge in [0.25, 0.3) is 0 Å². The fourth-order valence-electron chi connectivity index (χ4n) is 2.06. The number of carbonyl (C=O) groups is 2. The number of anilines is 1. The molecule has 0 amide bonds. The van der Waals surface area contributed by atoms with E-state index in [2.05, 4.69) is 4.90 Å². The summed E-state index contributed by atoms with van der Waals surface area (Å²) in [5.74, 6) is -0.528. The summed E-state index contributed by atoms with van der Waals surface area (Å²) in [7, 11) is 0. The monoisotopic (exact) mass is 321 g/mol. The highest BCUT2D eigenvalue weighted by Gasteiger charge is 2.13. The zero-order chi connectivity index (χ0) is 17.2. The van der Waals surface area contributed by atoms with Gasteiger partial charge in [-0.25, -0.2) is 4.79 Å². The summed E-state index contributed by atoms with van der Waals surface area (Å²) in [5, 5.41) is 0. The van der Waals surface area contributed by atoms with Gasteiger partial charge in [-0.2, -0.15) is 0 Å². The summed E-state index contributed by atoms with van der Waals surface area (Å²) < 4.78 is 10.3. The molecule has 0 N–H and O–H groups in total. The molecule has 1 rings (SSSR count). The van der Waals surface area contributed by atoms with E-state index in [4.69, 9.17) is 9.47 Å². The Labute approximate surface area is 138 Å². The standard InChI is InChI=1S/C18H27NO4/c1-5-14(4)17(20)23-13-12-19(6-2)16-10-8-15(9-11-16)18(21)22-7-3/h8-11,14H,5-7,12-13H2,1-4H3. The van der Waals surface area contributed by atoms with Gasteiger partial charge >= 0.3 is 11.9 Å². The first-order chi connectivity index (χ1) is 11.0. The molecule has 5 heteroatoms. The van der Waals surface area contributed by atoms with Gasteiger partial charge in [0.1, 0.15) is 6.61 Å². The summed E-state index contributed by atoms with van der Waals surface area (Å²) in [6, 6.07) is 7.26. The number of likely N-dealkylation sites (N-methyl/N-ethyl adjacent to an activating group) is 1. The fourth-order valence-corrected chi connectivity index (χ4v) is 2.06. The predicted octanol–water partition coefficient (Wildman–Crippen LogP) is 3.28. The number of hydrogen-bond donors (Lipinski definition) is 0. The van der Waals surface area contributed by atoms with Gasteiger partial charge < -0.3 is 14.4 Å². The molecular weight excluding hydrogens is 294 g/mol. The van der Waals surface area contributed by atoms with Crippen molar-refractivity contribution in [1.82, 2.24) is 0 Å². The third-order valence-electron chi connectivity index (χ3n) is 3.75. The average molecular weight is 321 g/mol. The number of rotatable bonds is 9.